The molecule has 19 heavy (non-hydrogen) atoms. The molecule has 2 rings (SSSR count). The van der Waals surface area contributed by atoms with Crippen LogP contribution < -0.4 is 15.2 Å². The molecule has 0 aliphatic carbocycles. The summed E-state index contributed by atoms with van der Waals surface area (Å²) in [6.45, 7) is 1.84. The Kier molecular flexibility index (Phi) is 3.81. The molecule has 0 amide bonds. The molecule has 0 unspecified atom stereocenters. The Morgan fingerprint density at radius 3 is 2.53 bits per heavy atom. The number of benzene rings is 2. The normalized spacial score (nSPS) is 10.3. The molecular weight excluding hydrogens is 269 g/mol. The monoisotopic (exact) mass is 281 g/mol. The van der Waals surface area contributed by atoms with Crippen LogP contribution in [0.3, 0.4) is 0 Å². The van der Waals surface area contributed by atoms with Crippen molar-refractivity contribution in [2.45, 2.75) is 6.92 Å². The molecule has 100 valence electrons. The Bertz CT molecular complexity index is 617. The van der Waals surface area contributed by atoms with Crippen LogP contribution in [0.5, 0.6) is 17.2 Å². The second kappa shape index (κ2) is 5.36. The lowest BCUT2D eigenvalue weighted by Gasteiger charge is -2.11. The number of hydrogen-bond acceptors (Lipinski definition) is 3. The third-order valence-electron chi connectivity index (χ3n) is 2.64. The number of nitrogen functional groups attached to an aromatic ring is 1. The minimum atomic E-state index is -0.550. The van der Waals surface area contributed by atoms with E-state index in [2.05, 4.69) is 0 Å². The van der Waals surface area contributed by atoms with Gasteiger partial charge in [0.2, 0.25) is 0 Å². The molecule has 0 aliphatic heterocycles. The molecule has 0 atom stereocenters. The van der Waals surface area contributed by atoms with Crippen molar-refractivity contribution in [1.82, 2.24) is 0 Å². The first kappa shape index (κ1) is 13.5. The van der Waals surface area contributed by atoms with E-state index in [1.54, 1.807) is 18.2 Å². The van der Waals surface area contributed by atoms with Crippen LogP contribution in [0.1, 0.15) is 5.56 Å². The maximum Gasteiger partial charge on any atom is 0.168 e. The van der Waals surface area contributed by atoms with E-state index in [4.69, 9.17) is 26.8 Å². The van der Waals surface area contributed by atoms with Gasteiger partial charge in [-0.2, -0.15) is 0 Å². The van der Waals surface area contributed by atoms with Gasteiger partial charge >= 0.3 is 0 Å². The van der Waals surface area contributed by atoms with Crippen molar-refractivity contribution in [3.63, 3.8) is 0 Å². The lowest BCUT2D eigenvalue weighted by atomic mass is 10.2. The summed E-state index contributed by atoms with van der Waals surface area (Å²) in [7, 11) is 1.46. The van der Waals surface area contributed by atoms with Gasteiger partial charge in [0, 0.05) is 17.2 Å². The van der Waals surface area contributed by atoms with Crippen LogP contribution in [-0.4, -0.2) is 7.11 Å². The average molecular weight is 282 g/mol. The highest BCUT2D eigenvalue weighted by molar-refractivity contribution is 6.31. The summed E-state index contributed by atoms with van der Waals surface area (Å²) in [5.74, 6) is 0.355. The molecule has 0 bridgehead atoms. The Morgan fingerprint density at radius 1 is 1.16 bits per heavy atom. The van der Waals surface area contributed by atoms with Crippen LogP contribution in [0.15, 0.2) is 30.3 Å². The Balaban J connectivity index is 2.34. The first-order valence-corrected chi connectivity index (χ1v) is 5.96. The molecule has 5 heteroatoms. The summed E-state index contributed by atoms with van der Waals surface area (Å²) >= 11 is 5.92. The zero-order valence-electron chi connectivity index (χ0n) is 10.5. The zero-order chi connectivity index (χ0) is 14.0. The van der Waals surface area contributed by atoms with E-state index in [9.17, 15) is 4.39 Å². The number of halogens is 2. The fraction of sp³-hybridized carbons (Fsp3) is 0.143. The predicted molar refractivity (Wildman–Crippen MR) is 73.6 cm³/mol. The predicted octanol–water partition coefficient (Wildman–Crippen LogP) is 4.17. The maximum atomic E-state index is 13.7. The Hall–Kier alpha value is -1.94. The third-order valence-corrected chi connectivity index (χ3v) is 3.07. The van der Waals surface area contributed by atoms with E-state index < -0.39 is 5.82 Å². The van der Waals surface area contributed by atoms with Crippen molar-refractivity contribution < 1.29 is 13.9 Å². The highest BCUT2D eigenvalue weighted by Gasteiger charge is 2.11. The largest absolute Gasteiger partial charge is 0.494 e. The first-order valence-electron chi connectivity index (χ1n) is 5.58. The van der Waals surface area contributed by atoms with E-state index in [-0.39, 0.29) is 11.4 Å². The lowest BCUT2D eigenvalue weighted by Crippen LogP contribution is -1.96. The summed E-state index contributed by atoms with van der Waals surface area (Å²) in [6.07, 6.45) is 0. The van der Waals surface area contributed by atoms with E-state index in [0.29, 0.717) is 16.5 Å². The smallest absolute Gasteiger partial charge is 0.168 e. The van der Waals surface area contributed by atoms with Gasteiger partial charge in [-0.25, -0.2) is 4.39 Å². The number of ether oxygens (including phenoxy) is 2. The Labute approximate surface area is 115 Å². The SMILES string of the molecule is COc1cc(Oc2ccc(Cl)c(C)c2)c(F)cc1N. The topological polar surface area (TPSA) is 44.5 Å². The molecule has 0 saturated heterocycles. The van der Waals surface area contributed by atoms with Crippen molar-refractivity contribution in [2.75, 3.05) is 12.8 Å². The van der Waals surface area contributed by atoms with Crippen LogP contribution in [0.4, 0.5) is 10.1 Å². The van der Waals surface area contributed by atoms with Gasteiger partial charge in [0.25, 0.3) is 0 Å². The van der Waals surface area contributed by atoms with Crippen molar-refractivity contribution >= 4 is 17.3 Å². The van der Waals surface area contributed by atoms with E-state index in [0.717, 1.165) is 11.6 Å². The van der Waals surface area contributed by atoms with E-state index in [1.165, 1.54) is 13.2 Å². The average Bonchev–Trinajstić information content (AvgIpc) is 2.37. The molecule has 3 nitrogen and oxygen atoms in total. The number of aryl methyl sites for hydroxylation is 1. The molecule has 0 saturated carbocycles. The van der Waals surface area contributed by atoms with Gasteiger partial charge in [-0.1, -0.05) is 11.6 Å². The zero-order valence-corrected chi connectivity index (χ0v) is 11.3. The highest BCUT2D eigenvalue weighted by atomic mass is 35.5. The fourth-order valence-electron chi connectivity index (χ4n) is 1.61. The van der Waals surface area contributed by atoms with Gasteiger partial charge in [0.1, 0.15) is 11.5 Å². The number of hydrogen-bond donors (Lipinski definition) is 1. The van der Waals surface area contributed by atoms with Crippen molar-refractivity contribution in [3.05, 3.63) is 46.7 Å². The molecule has 0 spiro atoms. The maximum absolute atomic E-state index is 13.7. The molecule has 2 aromatic carbocycles. The molecule has 0 aromatic heterocycles. The van der Waals surface area contributed by atoms with Crippen LogP contribution in [0.25, 0.3) is 0 Å². The molecule has 0 radical (unpaired) electrons. The molecule has 2 N–H and O–H groups in total. The van der Waals surface area contributed by atoms with Crippen LogP contribution in [0, 0.1) is 12.7 Å². The fourth-order valence-corrected chi connectivity index (χ4v) is 1.73. The van der Waals surface area contributed by atoms with E-state index >= 15 is 0 Å². The highest BCUT2D eigenvalue weighted by Crippen LogP contribution is 2.33. The van der Waals surface area contributed by atoms with Gasteiger partial charge in [0.05, 0.1) is 12.8 Å². The Morgan fingerprint density at radius 2 is 1.89 bits per heavy atom. The second-order valence-electron chi connectivity index (χ2n) is 4.04. The molecule has 2 aromatic rings. The number of rotatable bonds is 3. The van der Waals surface area contributed by atoms with Crippen molar-refractivity contribution in [1.29, 1.82) is 0 Å². The molecule has 0 heterocycles. The minimum absolute atomic E-state index is 0.0489. The van der Waals surface area contributed by atoms with Crippen molar-refractivity contribution in [2.24, 2.45) is 0 Å². The summed E-state index contributed by atoms with van der Waals surface area (Å²) < 4.78 is 24.2. The molecule has 0 fully saturated rings. The second-order valence-corrected chi connectivity index (χ2v) is 4.44. The van der Waals surface area contributed by atoms with Gasteiger partial charge < -0.3 is 15.2 Å². The quantitative estimate of drug-likeness (QED) is 0.859. The van der Waals surface area contributed by atoms with Gasteiger partial charge in [-0.05, 0) is 30.7 Å². The van der Waals surface area contributed by atoms with Gasteiger partial charge in [-0.3, -0.25) is 0 Å². The van der Waals surface area contributed by atoms with Crippen LogP contribution in [0.2, 0.25) is 5.02 Å². The summed E-state index contributed by atoms with van der Waals surface area (Å²) in [5.41, 5.74) is 6.67. The van der Waals surface area contributed by atoms with Crippen LogP contribution in [-0.2, 0) is 0 Å². The summed E-state index contributed by atoms with van der Waals surface area (Å²) in [4.78, 5) is 0. The number of nitrogens with two attached hydrogens (primary N) is 1. The van der Waals surface area contributed by atoms with E-state index in [1.807, 2.05) is 6.92 Å². The van der Waals surface area contributed by atoms with Gasteiger partial charge in [-0.15, -0.1) is 0 Å². The lowest BCUT2D eigenvalue weighted by molar-refractivity contribution is 0.403. The summed E-state index contributed by atoms with van der Waals surface area (Å²) in [5, 5.41) is 0.628. The standard InChI is InChI=1S/C14H13ClFNO2/c1-8-5-9(3-4-10(8)15)19-13-7-14(18-2)12(17)6-11(13)16/h3-7H,17H2,1-2H3. The molecule has 0 aliphatic rings. The number of anilines is 1. The number of methoxy groups -OCH3 is 1. The van der Waals surface area contributed by atoms with Crippen LogP contribution >= 0.6 is 11.6 Å². The summed E-state index contributed by atoms with van der Waals surface area (Å²) in [6, 6.07) is 7.66. The molecular formula is C14H13ClFNO2. The third kappa shape index (κ3) is 2.90. The minimum Gasteiger partial charge on any atom is -0.494 e. The first-order chi connectivity index (χ1) is 9.01. The van der Waals surface area contributed by atoms with Crippen molar-refractivity contribution in [3.8, 4) is 17.2 Å². The van der Waals surface area contributed by atoms with Gasteiger partial charge in [0.15, 0.2) is 11.6 Å².